The highest BCUT2D eigenvalue weighted by atomic mass is 32.2. The average molecular weight is 764 g/mol. The molecule has 2 heterocycles. The number of anilines is 1. The van der Waals surface area contributed by atoms with Gasteiger partial charge in [0.2, 0.25) is 5.88 Å². The van der Waals surface area contributed by atoms with Gasteiger partial charge in [-0.1, -0.05) is 0 Å². The molecule has 0 fully saturated rings. The quantitative estimate of drug-likeness (QED) is 0.116. The van der Waals surface area contributed by atoms with Gasteiger partial charge in [0, 0.05) is 37.4 Å². The molecular formula is C34H43N4O12S2+. The Morgan fingerprint density at radius 1 is 0.673 bits per heavy atom. The number of ether oxygens (including phenoxy) is 6. The first-order chi connectivity index (χ1) is 24.5. The Bertz CT molecular complexity index is 2030. The Balaban J connectivity index is 1.76. The molecule has 2 unspecified atom stereocenters. The van der Waals surface area contributed by atoms with Crippen molar-refractivity contribution in [2.24, 2.45) is 0 Å². The minimum atomic E-state index is -4.73. The molecule has 2 N–H and O–H groups in total. The van der Waals surface area contributed by atoms with E-state index in [0.717, 1.165) is 0 Å². The SMILES string of the molecule is COc1cc(OC)c(-c2ccc(N(C)CC(CS(=O)(=O)O)[N+](C)(CS(=O)(=O)O)c3ccc(-c4c(OC)cc(OC)cc4OC)nc3)cn2)c(OC)c1. The zero-order valence-electron chi connectivity index (χ0n) is 30.1. The van der Waals surface area contributed by atoms with Crippen molar-refractivity contribution in [3.05, 3.63) is 60.9 Å². The predicted molar refractivity (Wildman–Crippen MR) is 196 cm³/mol. The highest BCUT2D eigenvalue weighted by molar-refractivity contribution is 7.86. The molecule has 0 aliphatic heterocycles. The number of aromatic nitrogens is 2. The van der Waals surface area contributed by atoms with Crippen molar-refractivity contribution in [2.45, 2.75) is 6.04 Å². The van der Waals surface area contributed by atoms with Crippen molar-refractivity contribution in [3.8, 4) is 57.0 Å². The summed E-state index contributed by atoms with van der Waals surface area (Å²) in [6.45, 7) is -0.121. The lowest BCUT2D eigenvalue weighted by Gasteiger charge is -2.41. The van der Waals surface area contributed by atoms with E-state index >= 15 is 0 Å². The van der Waals surface area contributed by atoms with E-state index in [0.29, 0.717) is 62.7 Å². The van der Waals surface area contributed by atoms with Crippen molar-refractivity contribution in [2.75, 3.05) is 79.8 Å². The molecule has 0 aliphatic rings. The lowest BCUT2D eigenvalue weighted by Crippen LogP contribution is -2.62. The Labute approximate surface area is 303 Å². The minimum Gasteiger partial charge on any atom is -0.496 e. The Kier molecular flexibility index (Phi) is 12.4. The van der Waals surface area contributed by atoms with Gasteiger partial charge in [-0.3, -0.25) is 18.6 Å². The molecule has 16 nitrogen and oxygen atoms in total. The average Bonchev–Trinajstić information content (AvgIpc) is 3.12. The normalized spacial score (nSPS) is 13.4. The van der Waals surface area contributed by atoms with Crippen molar-refractivity contribution < 1.29 is 54.4 Å². The summed E-state index contributed by atoms with van der Waals surface area (Å²) in [7, 11) is 2.67. The maximum absolute atomic E-state index is 12.5. The van der Waals surface area contributed by atoms with E-state index in [2.05, 4.69) is 9.97 Å². The standard InChI is InChI=1S/C34H42N4O12S2/c1-37(22-9-11-27(35-17-22)33-29(47-5)13-25(45-3)14-30(33)48-6)19-24(20-51(39,40)41)38(2,21-52(42,43)44)23-10-12-28(36-18-23)34-31(49-7)15-26(46-4)16-32(34)50-8/h9-18,24H,19-21H2,1-8H3,(H-,39,40,41,42,43,44)/p+1. The fourth-order valence-corrected chi connectivity index (χ4v) is 7.86. The molecule has 282 valence electrons. The van der Waals surface area contributed by atoms with Gasteiger partial charge in [0.05, 0.1) is 96.8 Å². The topological polar surface area (TPSA) is 193 Å². The summed E-state index contributed by atoms with van der Waals surface area (Å²) in [5.74, 6) is 0.896. The van der Waals surface area contributed by atoms with Crippen LogP contribution in [0.2, 0.25) is 0 Å². The van der Waals surface area contributed by atoms with Gasteiger partial charge in [-0.15, -0.1) is 0 Å². The fourth-order valence-electron chi connectivity index (χ4n) is 5.90. The molecule has 4 rings (SSSR count). The molecule has 52 heavy (non-hydrogen) atoms. The van der Waals surface area contributed by atoms with E-state index in [1.54, 1.807) is 66.7 Å². The maximum Gasteiger partial charge on any atom is 0.316 e. The Morgan fingerprint density at radius 2 is 1.12 bits per heavy atom. The smallest absolute Gasteiger partial charge is 0.316 e. The van der Waals surface area contributed by atoms with Gasteiger partial charge in [-0.2, -0.15) is 16.8 Å². The van der Waals surface area contributed by atoms with E-state index in [-0.39, 0.29) is 12.2 Å². The third-order valence-corrected chi connectivity index (χ3v) is 10.3. The number of likely N-dealkylation sites (N-methyl/N-ethyl adjacent to an activating group) is 2. The molecule has 0 bridgehead atoms. The number of rotatable bonds is 17. The third kappa shape index (κ3) is 9.12. The first-order valence-corrected chi connectivity index (χ1v) is 18.7. The van der Waals surface area contributed by atoms with E-state index in [4.69, 9.17) is 28.4 Å². The van der Waals surface area contributed by atoms with Gasteiger partial charge >= 0.3 is 10.1 Å². The van der Waals surface area contributed by atoms with Crippen molar-refractivity contribution in [3.63, 3.8) is 0 Å². The van der Waals surface area contributed by atoms with Crippen LogP contribution in [0.5, 0.6) is 34.5 Å². The van der Waals surface area contributed by atoms with Crippen LogP contribution in [-0.2, 0) is 20.2 Å². The van der Waals surface area contributed by atoms with Gasteiger partial charge in [-0.05, 0) is 18.2 Å². The fraction of sp³-hybridized carbons (Fsp3) is 0.353. The molecule has 2 atom stereocenters. The van der Waals surface area contributed by atoms with E-state index in [1.807, 2.05) is 0 Å². The molecular weight excluding hydrogens is 721 g/mol. The van der Waals surface area contributed by atoms with Gasteiger partial charge in [0.25, 0.3) is 10.1 Å². The molecule has 0 saturated heterocycles. The van der Waals surface area contributed by atoms with E-state index in [1.165, 1.54) is 55.9 Å². The maximum atomic E-state index is 12.5. The second-order valence-corrected chi connectivity index (χ2v) is 14.8. The van der Waals surface area contributed by atoms with Crippen LogP contribution in [0.25, 0.3) is 22.5 Å². The molecule has 0 saturated carbocycles. The number of hydrogen-bond donors (Lipinski definition) is 2. The summed E-state index contributed by atoms with van der Waals surface area (Å²) in [6, 6.07) is 12.1. The molecule has 0 aliphatic carbocycles. The monoisotopic (exact) mass is 763 g/mol. The van der Waals surface area contributed by atoms with Crippen LogP contribution < -0.4 is 37.8 Å². The zero-order chi connectivity index (χ0) is 38.4. The van der Waals surface area contributed by atoms with Crippen LogP contribution in [0.4, 0.5) is 11.4 Å². The summed E-state index contributed by atoms with van der Waals surface area (Å²) in [5, 5.41) is 0. The largest absolute Gasteiger partial charge is 0.496 e. The second-order valence-electron chi connectivity index (χ2n) is 11.9. The van der Waals surface area contributed by atoms with Gasteiger partial charge in [-0.25, -0.2) is 4.98 Å². The molecule has 4 aromatic rings. The molecule has 2 aromatic heterocycles. The van der Waals surface area contributed by atoms with Crippen molar-refractivity contribution in [1.29, 1.82) is 0 Å². The minimum absolute atomic E-state index is 0.121. The third-order valence-electron chi connectivity index (χ3n) is 8.59. The highest BCUT2D eigenvalue weighted by Gasteiger charge is 2.42. The summed E-state index contributed by atoms with van der Waals surface area (Å²) in [5.41, 5.74) is 2.70. The summed E-state index contributed by atoms with van der Waals surface area (Å²) in [4.78, 5) is 10.8. The van der Waals surface area contributed by atoms with E-state index < -0.39 is 42.4 Å². The van der Waals surface area contributed by atoms with E-state index in [9.17, 15) is 25.9 Å². The van der Waals surface area contributed by atoms with Crippen molar-refractivity contribution >= 4 is 31.6 Å². The number of nitrogens with zero attached hydrogens (tertiary/aromatic N) is 4. The summed E-state index contributed by atoms with van der Waals surface area (Å²) < 4.78 is 102. The molecule has 0 spiro atoms. The molecule has 18 heteroatoms. The van der Waals surface area contributed by atoms with Crippen LogP contribution in [-0.4, -0.2) is 117 Å². The molecule has 0 radical (unpaired) electrons. The van der Waals surface area contributed by atoms with Crippen LogP contribution in [0.3, 0.4) is 0 Å². The Hall–Kier alpha value is -4.88. The van der Waals surface area contributed by atoms with Gasteiger partial charge in [0.1, 0.15) is 46.3 Å². The number of quaternary nitrogens is 1. The zero-order valence-corrected chi connectivity index (χ0v) is 31.7. The van der Waals surface area contributed by atoms with Crippen LogP contribution in [0.1, 0.15) is 0 Å². The first kappa shape index (κ1) is 39.9. The Morgan fingerprint density at radius 3 is 1.44 bits per heavy atom. The predicted octanol–water partition coefficient (Wildman–Crippen LogP) is 4.04. The van der Waals surface area contributed by atoms with Gasteiger partial charge in [0.15, 0.2) is 5.69 Å². The molecule has 0 amide bonds. The lowest BCUT2D eigenvalue weighted by molar-refractivity contribution is 0.283. The number of benzene rings is 2. The van der Waals surface area contributed by atoms with Crippen LogP contribution in [0, 0.1) is 0 Å². The van der Waals surface area contributed by atoms with Crippen LogP contribution in [0.15, 0.2) is 60.9 Å². The summed E-state index contributed by atoms with van der Waals surface area (Å²) in [6.07, 6.45) is 2.91. The number of pyridine rings is 2. The number of hydrogen-bond acceptors (Lipinski definition) is 13. The molecule has 2 aromatic carbocycles. The van der Waals surface area contributed by atoms with Crippen LogP contribution >= 0.6 is 0 Å². The lowest BCUT2D eigenvalue weighted by atomic mass is 10.1. The second kappa shape index (κ2) is 16.2. The van der Waals surface area contributed by atoms with Gasteiger partial charge < -0.3 is 33.3 Å². The first-order valence-electron chi connectivity index (χ1n) is 15.5. The summed E-state index contributed by atoms with van der Waals surface area (Å²) >= 11 is 0. The number of methoxy groups -OCH3 is 6. The van der Waals surface area contributed by atoms with Crippen molar-refractivity contribution in [1.82, 2.24) is 14.5 Å². The highest BCUT2D eigenvalue weighted by Crippen LogP contribution is 2.43.